The van der Waals surface area contributed by atoms with Crippen molar-refractivity contribution in [3.63, 3.8) is 0 Å². The highest BCUT2D eigenvalue weighted by atomic mass is 16.6. The van der Waals surface area contributed by atoms with Gasteiger partial charge >= 0.3 is 12.2 Å². The fourth-order valence-corrected chi connectivity index (χ4v) is 3.35. The zero-order valence-electron chi connectivity index (χ0n) is 14.9. The molecule has 2 atom stereocenters. The number of amides is 3. The molecule has 2 heterocycles. The zero-order chi connectivity index (χ0) is 18.7. The van der Waals surface area contributed by atoms with E-state index in [0.717, 1.165) is 30.8 Å². The fourth-order valence-electron chi connectivity index (χ4n) is 3.35. The van der Waals surface area contributed by atoms with E-state index in [4.69, 9.17) is 4.74 Å². The smallest absolute Gasteiger partial charge is 0.414 e. The number of nitrogens with one attached hydrogen (secondary N) is 1. The summed E-state index contributed by atoms with van der Waals surface area (Å²) in [5.41, 5.74) is 1.91. The van der Waals surface area contributed by atoms with Crippen LogP contribution in [0.2, 0.25) is 0 Å². The van der Waals surface area contributed by atoms with E-state index in [1.165, 1.54) is 7.11 Å². The average Bonchev–Trinajstić information content (AvgIpc) is 3.27. The number of nitrogens with zero attached hydrogens (tertiary/aromatic N) is 2. The normalized spacial score (nSPS) is 22.3. The standard InChI is InChI=1S/C18H23N3O5/c1-12(22)20-8-7-14(10-20)13-3-5-15(6-4-13)21-11-16(26-18(21)24)9-19-17(23)25-2/h3-6,14,16H,7-11H2,1-2H3,(H,19,23)/t14?,16-/m0/s1. The number of anilines is 1. The average molecular weight is 361 g/mol. The lowest BCUT2D eigenvalue weighted by molar-refractivity contribution is -0.127. The van der Waals surface area contributed by atoms with Gasteiger partial charge in [-0.05, 0) is 24.1 Å². The van der Waals surface area contributed by atoms with Crippen LogP contribution >= 0.6 is 0 Å². The molecule has 2 aliphatic rings. The van der Waals surface area contributed by atoms with Crippen molar-refractivity contribution < 1.29 is 23.9 Å². The van der Waals surface area contributed by atoms with E-state index in [2.05, 4.69) is 10.1 Å². The zero-order valence-corrected chi connectivity index (χ0v) is 14.9. The van der Waals surface area contributed by atoms with Gasteiger partial charge in [0.15, 0.2) is 0 Å². The van der Waals surface area contributed by atoms with E-state index in [-0.39, 0.29) is 12.5 Å². The number of methoxy groups -OCH3 is 1. The molecule has 0 radical (unpaired) electrons. The summed E-state index contributed by atoms with van der Waals surface area (Å²) in [4.78, 5) is 38.1. The monoisotopic (exact) mass is 361 g/mol. The number of likely N-dealkylation sites (tertiary alicyclic amines) is 1. The van der Waals surface area contributed by atoms with Crippen LogP contribution in [-0.2, 0) is 14.3 Å². The first kappa shape index (κ1) is 18.0. The third kappa shape index (κ3) is 3.89. The molecule has 1 N–H and O–H groups in total. The summed E-state index contributed by atoms with van der Waals surface area (Å²) in [6.45, 7) is 3.69. The molecule has 0 saturated carbocycles. The molecule has 1 aromatic rings. The van der Waals surface area contributed by atoms with Gasteiger partial charge in [0.05, 0.1) is 20.2 Å². The van der Waals surface area contributed by atoms with Gasteiger partial charge in [0.25, 0.3) is 0 Å². The van der Waals surface area contributed by atoms with Crippen molar-refractivity contribution in [2.45, 2.75) is 25.4 Å². The van der Waals surface area contributed by atoms with Crippen molar-refractivity contribution in [1.82, 2.24) is 10.2 Å². The van der Waals surface area contributed by atoms with Gasteiger partial charge in [-0.3, -0.25) is 9.69 Å². The third-order valence-electron chi connectivity index (χ3n) is 4.84. The topological polar surface area (TPSA) is 88.2 Å². The summed E-state index contributed by atoms with van der Waals surface area (Å²) < 4.78 is 9.77. The van der Waals surface area contributed by atoms with Crippen molar-refractivity contribution >= 4 is 23.8 Å². The molecule has 3 rings (SSSR count). The van der Waals surface area contributed by atoms with Crippen LogP contribution in [0.25, 0.3) is 0 Å². The predicted octanol–water partition coefficient (Wildman–Crippen LogP) is 1.70. The summed E-state index contributed by atoms with van der Waals surface area (Å²) in [5, 5.41) is 2.53. The molecular weight excluding hydrogens is 338 g/mol. The van der Waals surface area contributed by atoms with Crippen molar-refractivity contribution in [2.75, 3.05) is 38.2 Å². The number of hydrogen-bond acceptors (Lipinski definition) is 5. The minimum atomic E-state index is -0.556. The maximum Gasteiger partial charge on any atom is 0.414 e. The summed E-state index contributed by atoms with van der Waals surface area (Å²) in [5.74, 6) is 0.436. The molecule has 8 nitrogen and oxygen atoms in total. The van der Waals surface area contributed by atoms with Crippen LogP contribution in [0.1, 0.15) is 24.8 Å². The highest BCUT2D eigenvalue weighted by Crippen LogP contribution is 2.29. The number of hydrogen-bond donors (Lipinski definition) is 1. The molecule has 0 aliphatic carbocycles. The summed E-state index contributed by atoms with van der Waals surface area (Å²) in [7, 11) is 1.28. The van der Waals surface area contributed by atoms with Gasteiger partial charge in [-0.2, -0.15) is 0 Å². The predicted molar refractivity (Wildman–Crippen MR) is 94.1 cm³/mol. The molecule has 3 amide bonds. The molecular formula is C18H23N3O5. The second-order valence-corrected chi connectivity index (χ2v) is 6.53. The van der Waals surface area contributed by atoms with Crippen LogP contribution < -0.4 is 10.2 Å². The number of carbonyl (C=O) groups excluding carboxylic acids is 3. The highest BCUT2D eigenvalue weighted by molar-refractivity contribution is 5.89. The number of alkyl carbamates (subject to hydrolysis) is 1. The molecule has 0 spiro atoms. The van der Waals surface area contributed by atoms with Gasteiger partial charge < -0.3 is 19.7 Å². The van der Waals surface area contributed by atoms with Crippen molar-refractivity contribution in [1.29, 1.82) is 0 Å². The Morgan fingerprint density at radius 1 is 1.27 bits per heavy atom. The first-order valence-corrected chi connectivity index (χ1v) is 8.63. The van der Waals surface area contributed by atoms with Crippen LogP contribution in [0, 0.1) is 0 Å². The largest absolute Gasteiger partial charge is 0.453 e. The van der Waals surface area contributed by atoms with Crippen LogP contribution in [0.3, 0.4) is 0 Å². The Kier molecular flexibility index (Phi) is 5.29. The Hall–Kier alpha value is -2.77. The lowest BCUT2D eigenvalue weighted by atomic mass is 9.98. The van der Waals surface area contributed by atoms with E-state index in [1.54, 1.807) is 11.8 Å². The Labute approximate surface area is 152 Å². The number of rotatable bonds is 4. The van der Waals surface area contributed by atoms with E-state index in [9.17, 15) is 14.4 Å². The second-order valence-electron chi connectivity index (χ2n) is 6.53. The second kappa shape index (κ2) is 7.63. The van der Waals surface area contributed by atoms with Gasteiger partial charge in [0, 0.05) is 31.6 Å². The first-order chi connectivity index (χ1) is 12.5. The number of cyclic esters (lactones) is 1. The minimum Gasteiger partial charge on any atom is -0.453 e. The van der Waals surface area contributed by atoms with Gasteiger partial charge in [-0.1, -0.05) is 12.1 Å². The summed E-state index contributed by atoms with van der Waals surface area (Å²) in [6, 6.07) is 7.78. The molecule has 0 bridgehead atoms. The maximum atomic E-state index is 12.1. The molecule has 26 heavy (non-hydrogen) atoms. The van der Waals surface area contributed by atoms with E-state index >= 15 is 0 Å². The van der Waals surface area contributed by atoms with Gasteiger partial charge in [-0.15, -0.1) is 0 Å². The number of ether oxygens (including phenoxy) is 2. The molecule has 140 valence electrons. The van der Waals surface area contributed by atoms with E-state index in [1.807, 2.05) is 29.2 Å². The lowest BCUT2D eigenvalue weighted by Crippen LogP contribution is -2.34. The van der Waals surface area contributed by atoms with Gasteiger partial charge in [-0.25, -0.2) is 9.59 Å². The lowest BCUT2D eigenvalue weighted by Gasteiger charge is -2.16. The van der Waals surface area contributed by atoms with Crippen LogP contribution in [0.15, 0.2) is 24.3 Å². The van der Waals surface area contributed by atoms with E-state index in [0.29, 0.717) is 12.5 Å². The molecule has 8 heteroatoms. The summed E-state index contributed by atoms with van der Waals surface area (Å²) >= 11 is 0. The quantitative estimate of drug-likeness (QED) is 0.882. The van der Waals surface area contributed by atoms with Crippen molar-refractivity contribution in [3.8, 4) is 0 Å². The van der Waals surface area contributed by atoms with Gasteiger partial charge in [0.1, 0.15) is 6.10 Å². The third-order valence-corrected chi connectivity index (χ3v) is 4.84. The first-order valence-electron chi connectivity index (χ1n) is 8.63. The van der Waals surface area contributed by atoms with Crippen molar-refractivity contribution in [2.24, 2.45) is 0 Å². The summed E-state index contributed by atoms with van der Waals surface area (Å²) in [6.07, 6.45) is -0.454. The fraction of sp³-hybridized carbons (Fsp3) is 0.500. The number of carbonyl (C=O) groups is 3. The maximum absolute atomic E-state index is 12.1. The van der Waals surface area contributed by atoms with E-state index < -0.39 is 18.3 Å². The minimum absolute atomic E-state index is 0.107. The highest BCUT2D eigenvalue weighted by Gasteiger charge is 2.33. The van der Waals surface area contributed by atoms with Crippen LogP contribution in [0.4, 0.5) is 15.3 Å². The van der Waals surface area contributed by atoms with Crippen LogP contribution in [0.5, 0.6) is 0 Å². The Balaban J connectivity index is 1.59. The molecule has 0 aromatic heterocycles. The Bertz CT molecular complexity index is 691. The Morgan fingerprint density at radius 2 is 2.00 bits per heavy atom. The Morgan fingerprint density at radius 3 is 2.62 bits per heavy atom. The SMILES string of the molecule is COC(=O)NC[C@H]1CN(c2ccc(C3CCN(C(C)=O)C3)cc2)C(=O)O1. The molecule has 2 aliphatic heterocycles. The van der Waals surface area contributed by atoms with Gasteiger partial charge in [0.2, 0.25) is 5.91 Å². The molecule has 2 saturated heterocycles. The number of benzene rings is 1. The molecule has 1 unspecified atom stereocenters. The van der Waals surface area contributed by atoms with Crippen molar-refractivity contribution in [3.05, 3.63) is 29.8 Å². The molecule has 1 aromatic carbocycles. The molecule has 2 fully saturated rings. The van der Waals surface area contributed by atoms with Crippen LogP contribution in [-0.4, -0.2) is 62.4 Å².